The van der Waals surface area contributed by atoms with Gasteiger partial charge in [-0.05, 0) is 31.0 Å². The lowest BCUT2D eigenvalue weighted by atomic mass is 10.0. The van der Waals surface area contributed by atoms with Gasteiger partial charge in [0.2, 0.25) is 5.91 Å². The van der Waals surface area contributed by atoms with Gasteiger partial charge in [-0.15, -0.1) is 0 Å². The second-order valence-electron chi connectivity index (χ2n) is 6.92. The summed E-state index contributed by atoms with van der Waals surface area (Å²) in [5.41, 5.74) is 0.169. The molecule has 0 bridgehead atoms. The lowest BCUT2D eigenvalue weighted by Gasteiger charge is -2.36. The van der Waals surface area contributed by atoms with Crippen molar-refractivity contribution >= 4 is 17.8 Å². The summed E-state index contributed by atoms with van der Waals surface area (Å²) < 4.78 is 27.2. The SMILES string of the molecule is CCC(=O)N1CCC(N(C)C(=O)Nc2cnc(-c3cc(F)ccc3F)cn2)CC1. The lowest BCUT2D eigenvalue weighted by molar-refractivity contribution is -0.132. The Bertz CT molecular complexity index is 883. The highest BCUT2D eigenvalue weighted by molar-refractivity contribution is 5.88. The molecule has 1 saturated heterocycles. The van der Waals surface area contributed by atoms with E-state index in [4.69, 9.17) is 0 Å². The van der Waals surface area contributed by atoms with Crippen LogP contribution in [-0.2, 0) is 4.79 Å². The van der Waals surface area contributed by atoms with Crippen LogP contribution in [0.3, 0.4) is 0 Å². The summed E-state index contributed by atoms with van der Waals surface area (Å²) in [6, 6.07) is 2.77. The number of benzene rings is 1. The number of amides is 3. The normalized spacial score (nSPS) is 14.6. The number of nitrogens with zero attached hydrogens (tertiary/aromatic N) is 4. The Balaban J connectivity index is 1.59. The third-order valence-electron chi connectivity index (χ3n) is 5.08. The molecule has 3 rings (SSSR count). The lowest BCUT2D eigenvalue weighted by Crippen LogP contribution is -2.48. The molecule has 2 aromatic rings. The molecule has 0 unspecified atom stereocenters. The number of rotatable bonds is 4. The Kier molecular flexibility index (Phi) is 6.36. The van der Waals surface area contributed by atoms with Crippen LogP contribution in [0.4, 0.5) is 19.4 Å². The van der Waals surface area contributed by atoms with E-state index in [0.717, 1.165) is 18.2 Å². The first kappa shape index (κ1) is 20.6. The first-order valence-electron chi connectivity index (χ1n) is 9.48. The van der Waals surface area contributed by atoms with E-state index in [1.165, 1.54) is 12.4 Å². The van der Waals surface area contributed by atoms with Crippen molar-refractivity contribution < 1.29 is 18.4 Å². The monoisotopic (exact) mass is 403 g/mol. The molecular weight excluding hydrogens is 380 g/mol. The molecule has 0 atom stereocenters. The minimum absolute atomic E-state index is 0.000816. The van der Waals surface area contributed by atoms with Crippen LogP contribution in [0.5, 0.6) is 0 Å². The summed E-state index contributed by atoms with van der Waals surface area (Å²) in [5.74, 6) is -0.847. The summed E-state index contributed by atoms with van der Waals surface area (Å²) in [6.45, 7) is 3.09. The van der Waals surface area contributed by atoms with Crippen LogP contribution in [0.1, 0.15) is 26.2 Å². The minimum Gasteiger partial charge on any atom is -0.343 e. The molecule has 1 aliphatic heterocycles. The van der Waals surface area contributed by atoms with Crippen molar-refractivity contribution in [2.24, 2.45) is 0 Å². The standard InChI is InChI=1S/C20H23F2N5O2/c1-3-19(28)27-8-6-14(7-9-27)26(2)20(29)25-18-12-23-17(11-24-18)15-10-13(21)4-5-16(15)22/h4-5,10-12,14H,3,6-9H2,1-2H3,(H,24,25,29). The molecule has 1 aliphatic rings. The summed E-state index contributed by atoms with van der Waals surface area (Å²) >= 11 is 0. The molecule has 0 aliphatic carbocycles. The number of nitrogens with one attached hydrogen (secondary N) is 1. The highest BCUT2D eigenvalue weighted by Crippen LogP contribution is 2.22. The molecule has 1 fully saturated rings. The Labute approximate surface area is 167 Å². The molecule has 0 spiro atoms. The Hall–Kier alpha value is -3.10. The van der Waals surface area contributed by atoms with Crippen molar-refractivity contribution in [3.05, 3.63) is 42.2 Å². The maximum atomic E-state index is 13.8. The van der Waals surface area contributed by atoms with Gasteiger partial charge in [-0.1, -0.05) is 6.92 Å². The molecule has 0 radical (unpaired) electrons. The predicted molar refractivity (Wildman–Crippen MR) is 104 cm³/mol. The van der Waals surface area contributed by atoms with Gasteiger partial charge < -0.3 is 9.80 Å². The molecule has 1 aromatic heterocycles. The van der Waals surface area contributed by atoms with Crippen molar-refractivity contribution in [2.75, 3.05) is 25.5 Å². The zero-order valence-electron chi connectivity index (χ0n) is 16.4. The predicted octanol–water partition coefficient (Wildman–Crippen LogP) is 3.29. The fourth-order valence-electron chi connectivity index (χ4n) is 3.32. The number of carbonyl (C=O) groups is 2. The highest BCUT2D eigenvalue weighted by Gasteiger charge is 2.27. The molecule has 154 valence electrons. The van der Waals surface area contributed by atoms with Gasteiger partial charge in [-0.25, -0.2) is 18.6 Å². The minimum atomic E-state index is -0.606. The van der Waals surface area contributed by atoms with Gasteiger partial charge in [-0.3, -0.25) is 15.1 Å². The number of anilines is 1. The van der Waals surface area contributed by atoms with Crippen LogP contribution in [-0.4, -0.2) is 57.9 Å². The maximum Gasteiger partial charge on any atom is 0.323 e. The molecular formula is C20H23F2N5O2. The van der Waals surface area contributed by atoms with Crippen LogP contribution in [0.25, 0.3) is 11.3 Å². The zero-order valence-corrected chi connectivity index (χ0v) is 16.4. The highest BCUT2D eigenvalue weighted by atomic mass is 19.1. The average Bonchev–Trinajstić information content (AvgIpc) is 2.75. The first-order valence-corrected chi connectivity index (χ1v) is 9.48. The summed E-state index contributed by atoms with van der Waals surface area (Å²) in [4.78, 5) is 35.8. The summed E-state index contributed by atoms with van der Waals surface area (Å²) in [5, 5.41) is 2.65. The largest absolute Gasteiger partial charge is 0.343 e. The third-order valence-corrected chi connectivity index (χ3v) is 5.08. The molecule has 0 saturated carbocycles. The number of carbonyl (C=O) groups excluding carboxylic acids is 2. The van der Waals surface area contributed by atoms with E-state index in [1.807, 2.05) is 11.8 Å². The number of piperidine rings is 1. The van der Waals surface area contributed by atoms with Gasteiger partial charge in [0.15, 0.2) is 5.82 Å². The van der Waals surface area contributed by atoms with Crippen molar-refractivity contribution in [3.8, 4) is 11.3 Å². The van der Waals surface area contributed by atoms with Gasteiger partial charge in [0.25, 0.3) is 0 Å². The Morgan fingerprint density at radius 2 is 1.93 bits per heavy atom. The van der Waals surface area contributed by atoms with Crippen LogP contribution in [0, 0.1) is 11.6 Å². The molecule has 2 heterocycles. The number of halogens is 2. The van der Waals surface area contributed by atoms with Gasteiger partial charge in [-0.2, -0.15) is 0 Å². The van der Waals surface area contributed by atoms with Crippen molar-refractivity contribution in [1.82, 2.24) is 19.8 Å². The fraction of sp³-hybridized carbons (Fsp3) is 0.400. The Morgan fingerprint density at radius 3 is 2.55 bits per heavy atom. The van der Waals surface area contributed by atoms with E-state index < -0.39 is 11.6 Å². The molecule has 29 heavy (non-hydrogen) atoms. The van der Waals surface area contributed by atoms with Gasteiger partial charge >= 0.3 is 6.03 Å². The third kappa shape index (κ3) is 4.85. The van der Waals surface area contributed by atoms with Crippen molar-refractivity contribution in [1.29, 1.82) is 0 Å². The number of hydrogen-bond acceptors (Lipinski definition) is 4. The Morgan fingerprint density at radius 1 is 1.21 bits per heavy atom. The number of likely N-dealkylation sites (tertiary alicyclic amines) is 1. The van der Waals surface area contributed by atoms with Crippen molar-refractivity contribution in [2.45, 2.75) is 32.2 Å². The van der Waals surface area contributed by atoms with Crippen molar-refractivity contribution in [3.63, 3.8) is 0 Å². The van der Waals surface area contributed by atoms with Crippen LogP contribution < -0.4 is 5.32 Å². The van der Waals surface area contributed by atoms with E-state index in [9.17, 15) is 18.4 Å². The van der Waals surface area contributed by atoms with Gasteiger partial charge in [0.1, 0.15) is 11.6 Å². The number of hydrogen-bond donors (Lipinski definition) is 1. The van der Waals surface area contributed by atoms with E-state index in [-0.39, 0.29) is 35.1 Å². The molecule has 1 N–H and O–H groups in total. The topological polar surface area (TPSA) is 78.4 Å². The van der Waals surface area contributed by atoms with Crippen LogP contribution >= 0.6 is 0 Å². The first-order chi connectivity index (χ1) is 13.9. The summed E-state index contributed by atoms with van der Waals surface area (Å²) in [7, 11) is 1.70. The van der Waals surface area contributed by atoms with E-state index in [1.54, 1.807) is 11.9 Å². The van der Waals surface area contributed by atoms with Gasteiger partial charge in [0, 0.05) is 38.2 Å². The van der Waals surface area contributed by atoms with Gasteiger partial charge in [0.05, 0.1) is 18.1 Å². The molecule has 3 amide bonds. The van der Waals surface area contributed by atoms with E-state index >= 15 is 0 Å². The molecule has 1 aromatic carbocycles. The number of aromatic nitrogens is 2. The maximum absolute atomic E-state index is 13.8. The quantitative estimate of drug-likeness (QED) is 0.850. The van der Waals surface area contributed by atoms with Crippen LogP contribution in [0.15, 0.2) is 30.6 Å². The summed E-state index contributed by atoms with van der Waals surface area (Å²) in [6.07, 6.45) is 4.48. The van der Waals surface area contributed by atoms with E-state index in [2.05, 4.69) is 15.3 Å². The molecule has 9 heteroatoms. The van der Waals surface area contributed by atoms with Crippen LogP contribution in [0.2, 0.25) is 0 Å². The molecule has 7 nitrogen and oxygen atoms in total. The zero-order chi connectivity index (χ0) is 21.0. The number of urea groups is 1. The van der Waals surface area contributed by atoms with E-state index in [0.29, 0.717) is 32.4 Å². The average molecular weight is 403 g/mol. The second kappa shape index (κ2) is 8.93. The second-order valence-corrected chi connectivity index (χ2v) is 6.92. The fourth-order valence-corrected chi connectivity index (χ4v) is 3.32. The smallest absolute Gasteiger partial charge is 0.323 e.